The van der Waals surface area contributed by atoms with Gasteiger partial charge in [-0.3, -0.25) is 4.99 Å². The summed E-state index contributed by atoms with van der Waals surface area (Å²) < 4.78 is 37.1. The second kappa shape index (κ2) is 10.6. The third-order valence-electron chi connectivity index (χ3n) is 4.42. The van der Waals surface area contributed by atoms with Crippen LogP contribution in [0.3, 0.4) is 0 Å². The monoisotopic (exact) mass is 413 g/mol. The molecule has 1 aromatic rings. The van der Waals surface area contributed by atoms with E-state index in [4.69, 9.17) is 9.47 Å². The van der Waals surface area contributed by atoms with Crippen LogP contribution in [0.15, 0.2) is 23.3 Å². The van der Waals surface area contributed by atoms with Crippen LogP contribution in [0.1, 0.15) is 19.4 Å². The highest BCUT2D eigenvalue weighted by Crippen LogP contribution is 2.14. The van der Waals surface area contributed by atoms with Crippen molar-refractivity contribution in [2.24, 2.45) is 4.99 Å². The molecule has 1 aliphatic rings. The van der Waals surface area contributed by atoms with Gasteiger partial charge in [0.2, 0.25) is 15.9 Å². The third kappa shape index (κ3) is 6.32. The Hall–Kier alpha value is -1.91. The first-order chi connectivity index (χ1) is 13.4. The van der Waals surface area contributed by atoms with Gasteiger partial charge in [-0.25, -0.2) is 13.4 Å². The summed E-state index contributed by atoms with van der Waals surface area (Å²) in [5, 5.41) is 3.30. The van der Waals surface area contributed by atoms with Crippen molar-refractivity contribution in [3.8, 4) is 5.88 Å². The zero-order chi connectivity index (χ0) is 20.6. The van der Waals surface area contributed by atoms with E-state index in [1.807, 2.05) is 26.0 Å². The molecular formula is C18H31N5O4S. The first-order valence-electron chi connectivity index (χ1n) is 9.40. The van der Waals surface area contributed by atoms with Gasteiger partial charge in [-0.1, -0.05) is 6.07 Å². The standard InChI is InChI=1S/C18H31N5O4S/c1-15(2)27-12-13-28(24,25)23-10-8-22(9-11-23)18(19-3)21-14-16-6-5-7-20-17(16)26-4/h5-7,15H,8-14H2,1-4H3,(H,19,21). The summed E-state index contributed by atoms with van der Waals surface area (Å²) in [6.07, 6.45) is 1.71. The van der Waals surface area contributed by atoms with Gasteiger partial charge in [-0.2, -0.15) is 4.31 Å². The smallest absolute Gasteiger partial charge is 0.218 e. The van der Waals surface area contributed by atoms with E-state index in [1.54, 1.807) is 20.4 Å². The first kappa shape index (κ1) is 22.4. The number of nitrogens with zero attached hydrogens (tertiary/aromatic N) is 4. The number of pyridine rings is 1. The lowest BCUT2D eigenvalue weighted by molar-refractivity contribution is 0.0904. The molecule has 2 rings (SSSR count). The van der Waals surface area contributed by atoms with Crippen LogP contribution < -0.4 is 10.1 Å². The van der Waals surface area contributed by atoms with Crippen molar-refractivity contribution in [2.45, 2.75) is 26.5 Å². The van der Waals surface area contributed by atoms with Gasteiger partial charge in [-0.15, -0.1) is 0 Å². The van der Waals surface area contributed by atoms with Crippen LogP contribution in [-0.2, 0) is 21.3 Å². The van der Waals surface area contributed by atoms with Crippen molar-refractivity contribution in [1.29, 1.82) is 0 Å². The van der Waals surface area contributed by atoms with Crippen molar-refractivity contribution < 1.29 is 17.9 Å². The number of rotatable bonds is 8. The minimum Gasteiger partial charge on any atom is -0.481 e. The molecule has 0 radical (unpaired) electrons. The van der Waals surface area contributed by atoms with Crippen LogP contribution >= 0.6 is 0 Å². The molecule has 1 aromatic heterocycles. The number of aliphatic imine (C=N–C) groups is 1. The summed E-state index contributed by atoms with van der Waals surface area (Å²) in [6.45, 7) is 6.55. The number of ether oxygens (including phenoxy) is 2. The highest BCUT2D eigenvalue weighted by molar-refractivity contribution is 7.89. The number of hydrogen-bond donors (Lipinski definition) is 1. The maximum atomic E-state index is 12.5. The molecule has 0 aromatic carbocycles. The Morgan fingerprint density at radius 3 is 2.64 bits per heavy atom. The second-order valence-electron chi connectivity index (χ2n) is 6.69. The van der Waals surface area contributed by atoms with Crippen molar-refractivity contribution in [2.75, 3.05) is 52.7 Å². The average molecular weight is 414 g/mol. The Kier molecular flexibility index (Phi) is 8.46. The van der Waals surface area contributed by atoms with Gasteiger partial charge in [0, 0.05) is 51.5 Å². The minimum absolute atomic E-state index is 0.0129. The molecule has 9 nitrogen and oxygen atoms in total. The fraction of sp³-hybridized carbons (Fsp3) is 0.667. The van der Waals surface area contributed by atoms with Gasteiger partial charge < -0.3 is 19.7 Å². The zero-order valence-electron chi connectivity index (χ0n) is 17.1. The fourth-order valence-electron chi connectivity index (χ4n) is 2.95. The van der Waals surface area contributed by atoms with Crippen LogP contribution in [0.5, 0.6) is 5.88 Å². The summed E-state index contributed by atoms with van der Waals surface area (Å²) in [5.41, 5.74) is 0.928. The fourth-order valence-corrected chi connectivity index (χ4v) is 4.23. The molecule has 0 unspecified atom stereocenters. The molecule has 28 heavy (non-hydrogen) atoms. The molecule has 1 N–H and O–H groups in total. The van der Waals surface area contributed by atoms with E-state index in [1.165, 1.54) is 4.31 Å². The van der Waals surface area contributed by atoms with Crippen LogP contribution in [0, 0.1) is 0 Å². The SMILES string of the molecule is CN=C(NCc1cccnc1OC)N1CCN(S(=O)(=O)CCOC(C)C)CC1. The second-order valence-corrected chi connectivity index (χ2v) is 8.78. The average Bonchev–Trinajstić information content (AvgIpc) is 2.68. The van der Waals surface area contributed by atoms with Gasteiger partial charge in [0.25, 0.3) is 0 Å². The lowest BCUT2D eigenvalue weighted by Crippen LogP contribution is -2.54. The Morgan fingerprint density at radius 2 is 2.04 bits per heavy atom. The van der Waals surface area contributed by atoms with Crippen LogP contribution in [0.25, 0.3) is 0 Å². The largest absolute Gasteiger partial charge is 0.481 e. The maximum Gasteiger partial charge on any atom is 0.218 e. The van der Waals surface area contributed by atoms with E-state index in [0.717, 1.165) is 11.5 Å². The van der Waals surface area contributed by atoms with Gasteiger partial charge in [0.05, 0.1) is 25.6 Å². The number of nitrogens with one attached hydrogen (secondary N) is 1. The number of sulfonamides is 1. The van der Waals surface area contributed by atoms with E-state index >= 15 is 0 Å². The Labute approximate surface area is 167 Å². The molecule has 0 spiro atoms. The van der Waals surface area contributed by atoms with Gasteiger partial charge in [-0.05, 0) is 19.9 Å². The quantitative estimate of drug-likeness (QED) is 0.491. The molecule has 1 fully saturated rings. The van der Waals surface area contributed by atoms with E-state index in [-0.39, 0.29) is 18.5 Å². The van der Waals surface area contributed by atoms with Crippen molar-refractivity contribution in [3.05, 3.63) is 23.9 Å². The van der Waals surface area contributed by atoms with Gasteiger partial charge in [0.15, 0.2) is 5.96 Å². The molecule has 0 aliphatic carbocycles. The lowest BCUT2D eigenvalue weighted by Gasteiger charge is -2.35. The molecule has 0 bridgehead atoms. The summed E-state index contributed by atoms with van der Waals surface area (Å²) in [4.78, 5) is 10.6. The van der Waals surface area contributed by atoms with E-state index in [9.17, 15) is 8.42 Å². The molecule has 2 heterocycles. The van der Waals surface area contributed by atoms with Crippen molar-refractivity contribution >= 4 is 16.0 Å². The van der Waals surface area contributed by atoms with E-state index in [0.29, 0.717) is 38.6 Å². The predicted molar refractivity (Wildman–Crippen MR) is 109 cm³/mol. The molecule has 1 saturated heterocycles. The molecule has 0 amide bonds. The summed E-state index contributed by atoms with van der Waals surface area (Å²) in [6, 6.07) is 3.80. The number of guanidine groups is 1. The lowest BCUT2D eigenvalue weighted by atomic mass is 10.2. The number of aromatic nitrogens is 1. The van der Waals surface area contributed by atoms with Crippen LogP contribution in [-0.4, -0.2) is 87.4 Å². The number of hydrogen-bond acceptors (Lipinski definition) is 6. The summed E-state index contributed by atoms with van der Waals surface area (Å²) in [5.74, 6) is 1.31. The van der Waals surface area contributed by atoms with E-state index < -0.39 is 10.0 Å². The highest BCUT2D eigenvalue weighted by atomic mass is 32.2. The van der Waals surface area contributed by atoms with Gasteiger partial charge in [0.1, 0.15) is 0 Å². The molecular weight excluding hydrogens is 382 g/mol. The topological polar surface area (TPSA) is 96.4 Å². The molecule has 158 valence electrons. The minimum atomic E-state index is -3.30. The first-order valence-corrected chi connectivity index (χ1v) is 11.0. The van der Waals surface area contributed by atoms with E-state index in [2.05, 4.69) is 20.2 Å². The maximum absolute atomic E-state index is 12.5. The number of piperazine rings is 1. The van der Waals surface area contributed by atoms with Crippen molar-refractivity contribution in [3.63, 3.8) is 0 Å². The van der Waals surface area contributed by atoms with Crippen LogP contribution in [0.4, 0.5) is 0 Å². The predicted octanol–water partition coefficient (Wildman–Crippen LogP) is 0.538. The molecule has 10 heteroatoms. The third-order valence-corrected chi connectivity index (χ3v) is 6.25. The Balaban J connectivity index is 1.87. The molecule has 0 saturated carbocycles. The van der Waals surface area contributed by atoms with Crippen molar-refractivity contribution in [1.82, 2.24) is 19.5 Å². The number of methoxy groups -OCH3 is 1. The van der Waals surface area contributed by atoms with Crippen LogP contribution in [0.2, 0.25) is 0 Å². The summed E-state index contributed by atoms with van der Waals surface area (Å²) in [7, 11) is 0.00471. The molecule has 1 aliphatic heterocycles. The Bertz CT molecular complexity index is 746. The van der Waals surface area contributed by atoms with Gasteiger partial charge >= 0.3 is 0 Å². The zero-order valence-corrected chi connectivity index (χ0v) is 17.9. The summed E-state index contributed by atoms with van der Waals surface area (Å²) >= 11 is 0. The molecule has 0 atom stereocenters. The highest BCUT2D eigenvalue weighted by Gasteiger charge is 2.28. The Morgan fingerprint density at radius 1 is 1.32 bits per heavy atom. The normalized spacial score (nSPS) is 16.5.